The number of hydrogen-bond donors (Lipinski definition) is 0. The molecule has 0 aliphatic heterocycles. The predicted octanol–water partition coefficient (Wildman–Crippen LogP) is 5.18. The lowest BCUT2D eigenvalue weighted by atomic mass is 10.1. The first-order valence-corrected chi connectivity index (χ1v) is 8.92. The second-order valence-corrected chi connectivity index (χ2v) is 6.05. The molecule has 0 fully saturated rings. The number of para-hydroxylation sites is 2. The van der Waals surface area contributed by atoms with Crippen molar-refractivity contribution in [1.82, 2.24) is 0 Å². The summed E-state index contributed by atoms with van der Waals surface area (Å²) in [4.78, 5) is 12.8. The first-order valence-electron chi connectivity index (χ1n) is 8.92. The molecule has 3 rings (SSSR count). The predicted molar refractivity (Wildman–Crippen MR) is 110 cm³/mol. The molecular weight excluding hydrogens is 352 g/mol. The van der Waals surface area contributed by atoms with Crippen molar-refractivity contribution in [3.8, 4) is 17.2 Å². The van der Waals surface area contributed by atoms with Crippen LogP contribution >= 0.6 is 0 Å². The topological polar surface area (TPSA) is 44.8 Å². The lowest BCUT2D eigenvalue weighted by molar-refractivity contribution is 0.104. The van der Waals surface area contributed by atoms with Gasteiger partial charge in [0.25, 0.3) is 0 Å². The highest BCUT2D eigenvalue weighted by atomic mass is 16.5. The molecule has 0 aromatic heterocycles. The Labute approximate surface area is 165 Å². The zero-order chi connectivity index (χ0) is 19.8. The number of carbonyl (C=O) groups is 1. The molecule has 4 nitrogen and oxygen atoms in total. The third kappa shape index (κ3) is 4.60. The lowest BCUT2D eigenvalue weighted by Crippen LogP contribution is -2.02. The van der Waals surface area contributed by atoms with Crippen molar-refractivity contribution in [2.75, 3.05) is 14.2 Å². The van der Waals surface area contributed by atoms with E-state index in [9.17, 15) is 4.79 Å². The monoisotopic (exact) mass is 374 g/mol. The highest BCUT2D eigenvalue weighted by Gasteiger charge is 2.11. The van der Waals surface area contributed by atoms with E-state index in [0.29, 0.717) is 29.4 Å². The van der Waals surface area contributed by atoms with Crippen LogP contribution in [0, 0.1) is 0 Å². The van der Waals surface area contributed by atoms with Crippen molar-refractivity contribution in [3.63, 3.8) is 0 Å². The fourth-order valence-corrected chi connectivity index (χ4v) is 2.83. The molecule has 0 spiro atoms. The third-order valence-corrected chi connectivity index (χ3v) is 4.24. The summed E-state index contributed by atoms with van der Waals surface area (Å²) in [5.41, 5.74) is 2.32. The normalized spacial score (nSPS) is 10.6. The number of benzene rings is 3. The maximum Gasteiger partial charge on any atom is 0.189 e. The zero-order valence-electron chi connectivity index (χ0n) is 15.9. The smallest absolute Gasteiger partial charge is 0.189 e. The third-order valence-electron chi connectivity index (χ3n) is 4.24. The van der Waals surface area contributed by atoms with E-state index in [1.54, 1.807) is 32.4 Å². The molecule has 0 N–H and O–H groups in total. The fourth-order valence-electron chi connectivity index (χ4n) is 2.83. The summed E-state index contributed by atoms with van der Waals surface area (Å²) in [6.45, 7) is 0.401. The molecule has 142 valence electrons. The van der Waals surface area contributed by atoms with Crippen LogP contribution in [0.25, 0.3) is 6.08 Å². The molecule has 0 amide bonds. The van der Waals surface area contributed by atoms with Gasteiger partial charge in [0.2, 0.25) is 0 Å². The van der Waals surface area contributed by atoms with E-state index >= 15 is 0 Å². The highest BCUT2D eigenvalue weighted by molar-refractivity contribution is 6.08. The number of carbonyl (C=O) groups excluding carboxylic acids is 1. The number of allylic oxidation sites excluding steroid dienone is 1. The lowest BCUT2D eigenvalue weighted by Gasteiger charge is -2.11. The average molecular weight is 374 g/mol. The first kappa shape index (κ1) is 19.2. The summed E-state index contributed by atoms with van der Waals surface area (Å²) in [6, 6.07) is 22.6. The Hall–Kier alpha value is -3.53. The molecule has 4 heteroatoms. The molecule has 0 saturated heterocycles. The Morgan fingerprint density at radius 2 is 1.54 bits per heavy atom. The fraction of sp³-hybridized carbons (Fsp3) is 0.125. The van der Waals surface area contributed by atoms with E-state index < -0.39 is 0 Å². The molecule has 0 heterocycles. The second kappa shape index (κ2) is 9.42. The van der Waals surface area contributed by atoms with Gasteiger partial charge in [0.05, 0.1) is 19.8 Å². The van der Waals surface area contributed by atoms with Crippen LogP contribution in [0.3, 0.4) is 0 Å². The van der Waals surface area contributed by atoms with Crippen molar-refractivity contribution in [2.24, 2.45) is 0 Å². The van der Waals surface area contributed by atoms with E-state index in [1.807, 2.05) is 60.7 Å². The molecule has 0 unspecified atom stereocenters. The molecule has 0 aliphatic carbocycles. The van der Waals surface area contributed by atoms with Gasteiger partial charge < -0.3 is 14.2 Å². The summed E-state index contributed by atoms with van der Waals surface area (Å²) in [6.07, 6.45) is 3.24. The van der Waals surface area contributed by atoms with Gasteiger partial charge in [-0.05, 0) is 35.9 Å². The SMILES string of the molecule is COc1cccc(/C=C\C(=O)c2ccccc2OCc2ccccc2)c1OC. The van der Waals surface area contributed by atoms with Gasteiger partial charge in [-0.3, -0.25) is 4.79 Å². The largest absolute Gasteiger partial charge is 0.493 e. The Morgan fingerprint density at radius 3 is 2.29 bits per heavy atom. The molecule has 3 aromatic carbocycles. The van der Waals surface area contributed by atoms with Crippen LogP contribution in [0.15, 0.2) is 78.9 Å². The molecular formula is C24H22O4. The number of ketones is 1. The van der Waals surface area contributed by atoms with Crippen LogP contribution in [0.2, 0.25) is 0 Å². The number of ether oxygens (including phenoxy) is 3. The van der Waals surface area contributed by atoms with E-state index in [4.69, 9.17) is 14.2 Å². The molecule has 3 aromatic rings. The van der Waals surface area contributed by atoms with Gasteiger partial charge in [0.1, 0.15) is 12.4 Å². The van der Waals surface area contributed by atoms with Crippen molar-refractivity contribution in [1.29, 1.82) is 0 Å². The standard InChI is InChI=1S/C24H22O4/c1-26-23-14-8-11-19(24(23)27-2)15-16-21(25)20-12-6-7-13-22(20)28-17-18-9-4-3-5-10-18/h3-16H,17H2,1-2H3/b16-15-. The Kier molecular flexibility index (Phi) is 6.47. The maximum atomic E-state index is 12.8. The average Bonchev–Trinajstić information content (AvgIpc) is 2.76. The van der Waals surface area contributed by atoms with Gasteiger partial charge in [-0.2, -0.15) is 0 Å². The first-order chi connectivity index (χ1) is 13.7. The molecule has 28 heavy (non-hydrogen) atoms. The Bertz CT molecular complexity index is 961. The van der Waals surface area contributed by atoms with Crippen LogP contribution in [-0.2, 0) is 6.61 Å². The number of rotatable bonds is 8. The van der Waals surface area contributed by atoms with E-state index in [2.05, 4.69) is 0 Å². The summed E-state index contributed by atoms with van der Waals surface area (Å²) in [5.74, 6) is 1.61. The molecule has 0 bridgehead atoms. The Morgan fingerprint density at radius 1 is 0.821 bits per heavy atom. The minimum absolute atomic E-state index is 0.145. The van der Waals surface area contributed by atoms with E-state index in [1.165, 1.54) is 6.08 Å². The van der Waals surface area contributed by atoms with Crippen LogP contribution < -0.4 is 14.2 Å². The summed E-state index contributed by atoms with van der Waals surface area (Å²) < 4.78 is 16.6. The Balaban J connectivity index is 1.79. The molecule has 0 aliphatic rings. The number of methoxy groups -OCH3 is 2. The van der Waals surface area contributed by atoms with Crippen LogP contribution in [0.4, 0.5) is 0 Å². The summed E-state index contributed by atoms with van der Waals surface area (Å²) >= 11 is 0. The van der Waals surface area contributed by atoms with Gasteiger partial charge in [0.15, 0.2) is 17.3 Å². The van der Waals surface area contributed by atoms with Crippen molar-refractivity contribution in [2.45, 2.75) is 6.61 Å². The van der Waals surface area contributed by atoms with Gasteiger partial charge in [0, 0.05) is 5.56 Å². The van der Waals surface area contributed by atoms with E-state index in [0.717, 1.165) is 11.1 Å². The van der Waals surface area contributed by atoms with Crippen molar-refractivity contribution >= 4 is 11.9 Å². The molecule has 0 radical (unpaired) electrons. The van der Waals surface area contributed by atoms with Crippen molar-refractivity contribution < 1.29 is 19.0 Å². The summed E-state index contributed by atoms with van der Waals surface area (Å²) in [5, 5.41) is 0. The minimum Gasteiger partial charge on any atom is -0.493 e. The quantitative estimate of drug-likeness (QED) is 0.403. The van der Waals surface area contributed by atoms with Gasteiger partial charge in [-0.25, -0.2) is 0 Å². The van der Waals surface area contributed by atoms with Crippen LogP contribution in [-0.4, -0.2) is 20.0 Å². The van der Waals surface area contributed by atoms with Gasteiger partial charge in [-0.15, -0.1) is 0 Å². The van der Waals surface area contributed by atoms with Crippen molar-refractivity contribution in [3.05, 3.63) is 95.6 Å². The van der Waals surface area contributed by atoms with E-state index in [-0.39, 0.29) is 5.78 Å². The minimum atomic E-state index is -0.145. The highest BCUT2D eigenvalue weighted by Crippen LogP contribution is 2.31. The zero-order valence-corrected chi connectivity index (χ0v) is 15.9. The second-order valence-electron chi connectivity index (χ2n) is 6.05. The summed E-state index contributed by atoms with van der Waals surface area (Å²) in [7, 11) is 3.15. The van der Waals surface area contributed by atoms with Gasteiger partial charge in [-0.1, -0.05) is 54.6 Å². The molecule has 0 saturated carbocycles. The molecule has 0 atom stereocenters. The van der Waals surface area contributed by atoms with Gasteiger partial charge >= 0.3 is 0 Å². The van der Waals surface area contributed by atoms with Crippen LogP contribution in [0.1, 0.15) is 21.5 Å². The maximum absolute atomic E-state index is 12.8. The number of hydrogen-bond acceptors (Lipinski definition) is 4. The van der Waals surface area contributed by atoms with Crippen LogP contribution in [0.5, 0.6) is 17.2 Å².